The highest BCUT2D eigenvalue weighted by Gasteiger charge is 2.37. The summed E-state index contributed by atoms with van der Waals surface area (Å²) in [6.07, 6.45) is 6.35. The van der Waals surface area contributed by atoms with Crippen LogP contribution < -0.4 is 5.73 Å². The number of aromatic hydroxyl groups is 1. The van der Waals surface area contributed by atoms with Crippen molar-refractivity contribution in [1.82, 2.24) is 0 Å². The first-order valence-electron chi connectivity index (χ1n) is 6.85. The molecule has 106 valence electrons. The number of aliphatic hydroxyl groups excluding tert-OH is 1. The molecule has 0 heterocycles. The topological polar surface area (TPSA) is 66.5 Å². The lowest BCUT2D eigenvalue weighted by atomic mass is 9.65. The Morgan fingerprint density at radius 3 is 2.85 bits per heavy atom. The van der Waals surface area contributed by atoms with Crippen molar-refractivity contribution < 1.29 is 10.2 Å². The largest absolute Gasteiger partial charge is 0.506 e. The monoisotopic (exact) mass is 271 g/mol. The van der Waals surface area contributed by atoms with Crippen LogP contribution in [0.3, 0.4) is 0 Å². The van der Waals surface area contributed by atoms with E-state index in [1.807, 2.05) is 19.1 Å². The lowest BCUT2D eigenvalue weighted by Crippen LogP contribution is -2.25. The number of nitrogen functional groups attached to an aromatic ring is 1. The molecule has 3 atom stereocenters. The molecule has 1 aliphatic rings. The summed E-state index contributed by atoms with van der Waals surface area (Å²) in [6, 6.07) is 3.59. The first kappa shape index (κ1) is 14.4. The molecular weight excluding hydrogens is 250 g/mol. The van der Waals surface area contributed by atoms with E-state index in [0.717, 1.165) is 17.5 Å². The van der Waals surface area contributed by atoms with Gasteiger partial charge in [-0.1, -0.05) is 19.6 Å². The number of phenols is 1. The Hall–Kier alpha value is -1.96. The van der Waals surface area contributed by atoms with Gasteiger partial charge in [-0.2, -0.15) is 0 Å². The van der Waals surface area contributed by atoms with E-state index < -0.39 is 0 Å². The Morgan fingerprint density at radius 1 is 1.45 bits per heavy atom. The van der Waals surface area contributed by atoms with Gasteiger partial charge in [-0.25, -0.2) is 0 Å². The van der Waals surface area contributed by atoms with Crippen LogP contribution in [0.25, 0.3) is 0 Å². The van der Waals surface area contributed by atoms with E-state index in [0.29, 0.717) is 11.6 Å². The van der Waals surface area contributed by atoms with Gasteiger partial charge in [0.05, 0.1) is 5.69 Å². The second-order valence-corrected chi connectivity index (χ2v) is 5.43. The van der Waals surface area contributed by atoms with Crippen molar-refractivity contribution >= 4 is 5.69 Å². The molecule has 0 radical (unpaired) electrons. The number of aliphatic hydroxyl groups is 1. The molecule has 4 N–H and O–H groups in total. The molecule has 3 heteroatoms. The molecule has 2 unspecified atom stereocenters. The number of rotatable bonds is 5. The number of phenolic OH excluding ortho intramolecular Hbond substituents is 1. The van der Waals surface area contributed by atoms with E-state index >= 15 is 0 Å². The van der Waals surface area contributed by atoms with Gasteiger partial charge >= 0.3 is 0 Å². The standard InChI is InChI=1S/C17H21NO2/c1-3-4-5-6-12-13(7-11(2)10-19)15-9-17(20)16(18)8-14(12)15/h3-4,6,8-9,11-13,19-20H,1,7,10,18H2,2H3/t5?,11?,12-,13?/m1/s1. The minimum atomic E-state index is 0.134. The third kappa shape index (κ3) is 2.64. The van der Waals surface area contributed by atoms with Crippen molar-refractivity contribution in [1.29, 1.82) is 0 Å². The predicted molar refractivity (Wildman–Crippen MR) is 81.7 cm³/mol. The van der Waals surface area contributed by atoms with Crippen LogP contribution in [0.4, 0.5) is 5.69 Å². The van der Waals surface area contributed by atoms with Crippen LogP contribution in [0.1, 0.15) is 36.3 Å². The van der Waals surface area contributed by atoms with Gasteiger partial charge in [0, 0.05) is 12.5 Å². The third-order valence-corrected chi connectivity index (χ3v) is 3.88. The summed E-state index contributed by atoms with van der Waals surface area (Å²) in [5.41, 5.74) is 11.5. The molecule has 0 aromatic heterocycles. The molecule has 1 aromatic rings. The maximum atomic E-state index is 9.75. The predicted octanol–water partition coefficient (Wildman–Crippen LogP) is 3.07. The number of anilines is 1. The van der Waals surface area contributed by atoms with Crippen LogP contribution >= 0.6 is 0 Å². The molecule has 1 aliphatic carbocycles. The van der Waals surface area contributed by atoms with Crippen molar-refractivity contribution in [2.75, 3.05) is 12.3 Å². The van der Waals surface area contributed by atoms with Crippen LogP contribution in [0.2, 0.25) is 0 Å². The fourth-order valence-electron chi connectivity index (χ4n) is 2.78. The zero-order chi connectivity index (χ0) is 14.7. The van der Waals surface area contributed by atoms with E-state index in [2.05, 4.69) is 12.3 Å². The van der Waals surface area contributed by atoms with Gasteiger partial charge in [0.15, 0.2) is 0 Å². The van der Waals surface area contributed by atoms with Crippen molar-refractivity contribution in [3.05, 3.63) is 53.8 Å². The zero-order valence-corrected chi connectivity index (χ0v) is 11.7. The molecule has 1 aromatic carbocycles. The SMILES string of the molecule is C=CC=C=C[C@H]1c2cc(N)c(O)cc2C1CC(C)CO. The average Bonchev–Trinajstić information content (AvgIpc) is 2.44. The van der Waals surface area contributed by atoms with Gasteiger partial charge in [-0.15, -0.1) is 5.73 Å². The minimum absolute atomic E-state index is 0.134. The highest BCUT2D eigenvalue weighted by molar-refractivity contribution is 5.62. The van der Waals surface area contributed by atoms with Gasteiger partial charge in [0.25, 0.3) is 0 Å². The zero-order valence-electron chi connectivity index (χ0n) is 11.7. The molecule has 0 spiro atoms. The molecule has 0 saturated heterocycles. The Balaban J connectivity index is 2.33. The van der Waals surface area contributed by atoms with Crippen molar-refractivity contribution in [2.45, 2.75) is 25.2 Å². The molecule has 0 bridgehead atoms. The second kappa shape index (κ2) is 6.00. The normalized spacial score (nSPS) is 21.1. The summed E-state index contributed by atoms with van der Waals surface area (Å²) in [5, 5.41) is 19.0. The third-order valence-electron chi connectivity index (χ3n) is 3.88. The Labute approximate surface area is 119 Å². The average molecular weight is 271 g/mol. The van der Waals surface area contributed by atoms with Gasteiger partial charge in [0.2, 0.25) is 0 Å². The summed E-state index contributed by atoms with van der Waals surface area (Å²) in [5.74, 6) is 0.893. The maximum Gasteiger partial charge on any atom is 0.138 e. The van der Waals surface area contributed by atoms with Crippen LogP contribution in [0.15, 0.2) is 42.7 Å². The van der Waals surface area contributed by atoms with Crippen LogP contribution in [0.5, 0.6) is 5.75 Å². The van der Waals surface area contributed by atoms with E-state index in [4.69, 9.17) is 5.73 Å². The van der Waals surface area contributed by atoms with Crippen LogP contribution in [-0.2, 0) is 0 Å². The quantitative estimate of drug-likeness (QED) is 0.334. The maximum absolute atomic E-state index is 9.75. The summed E-state index contributed by atoms with van der Waals surface area (Å²) in [6.45, 7) is 5.82. The highest BCUT2D eigenvalue weighted by Crippen LogP contribution is 2.52. The lowest BCUT2D eigenvalue weighted by Gasteiger charge is -2.39. The van der Waals surface area contributed by atoms with E-state index in [9.17, 15) is 10.2 Å². The Morgan fingerprint density at radius 2 is 2.20 bits per heavy atom. The van der Waals surface area contributed by atoms with Crippen LogP contribution in [-0.4, -0.2) is 16.8 Å². The number of hydrogen-bond acceptors (Lipinski definition) is 3. The molecule has 0 amide bonds. The number of fused-ring (bicyclic) bond motifs is 1. The van der Waals surface area contributed by atoms with E-state index in [-0.39, 0.29) is 24.2 Å². The van der Waals surface area contributed by atoms with Gasteiger partial charge in [-0.05, 0) is 53.7 Å². The molecule has 0 aliphatic heterocycles. The lowest BCUT2D eigenvalue weighted by molar-refractivity contribution is 0.217. The second-order valence-electron chi connectivity index (χ2n) is 5.43. The van der Waals surface area contributed by atoms with Crippen LogP contribution in [0, 0.1) is 5.92 Å². The van der Waals surface area contributed by atoms with Crippen molar-refractivity contribution in [2.24, 2.45) is 5.92 Å². The highest BCUT2D eigenvalue weighted by atomic mass is 16.3. The fourth-order valence-corrected chi connectivity index (χ4v) is 2.78. The minimum Gasteiger partial charge on any atom is -0.506 e. The van der Waals surface area contributed by atoms with Crippen molar-refractivity contribution in [3.8, 4) is 5.75 Å². The molecule has 2 rings (SSSR count). The number of nitrogens with two attached hydrogens (primary N) is 1. The van der Waals surface area contributed by atoms with Gasteiger partial charge in [0.1, 0.15) is 5.75 Å². The van der Waals surface area contributed by atoms with Gasteiger partial charge in [-0.3, -0.25) is 0 Å². The summed E-state index contributed by atoms with van der Waals surface area (Å²) in [4.78, 5) is 0. The summed E-state index contributed by atoms with van der Waals surface area (Å²) in [7, 11) is 0. The molecule has 0 saturated carbocycles. The fraction of sp³-hybridized carbons (Fsp3) is 0.353. The Kier molecular flexibility index (Phi) is 4.33. The number of allylic oxidation sites excluding steroid dienone is 2. The van der Waals surface area contributed by atoms with Gasteiger partial charge < -0.3 is 15.9 Å². The molecule has 3 nitrogen and oxygen atoms in total. The summed E-state index contributed by atoms with van der Waals surface area (Å²) >= 11 is 0. The molecular formula is C17H21NO2. The summed E-state index contributed by atoms with van der Waals surface area (Å²) < 4.78 is 0. The number of benzene rings is 1. The number of hydrogen-bond donors (Lipinski definition) is 3. The van der Waals surface area contributed by atoms with E-state index in [1.54, 1.807) is 18.2 Å². The molecule has 0 fully saturated rings. The van der Waals surface area contributed by atoms with E-state index in [1.165, 1.54) is 0 Å². The van der Waals surface area contributed by atoms with Crippen molar-refractivity contribution in [3.63, 3.8) is 0 Å². The molecule has 20 heavy (non-hydrogen) atoms. The smallest absolute Gasteiger partial charge is 0.138 e. The Bertz CT molecular complexity index is 571. The first-order valence-corrected chi connectivity index (χ1v) is 6.85. The first-order chi connectivity index (χ1) is 9.58.